The Hall–Kier alpha value is -2.01. The number of carbonyl (C=O) groups is 1. The first kappa shape index (κ1) is 19.7. The van der Waals surface area contributed by atoms with Crippen LogP contribution in [0.3, 0.4) is 0 Å². The Bertz CT molecular complexity index is 959. The molecule has 0 aliphatic carbocycles. The number of nitro groups is 1. The number of halogens is 1. The largest absolute Gasteiger partial charge is 0.325 e. The number of rotatable bonds is 5. The lowest BCUT2D eigenvalue weighted by Crippen LogP contribution is -2.49. The molecule has 2 heterocycles. The molecule has 1 aliphatic rings. The molecule has 2 aromatic rings. The molecule has 11 heteroatoms. The van der Waals surface area contributed by atoms with Crippen LogP contribution in [0.15, 0.2) is 40.6 Å². The smallest absolute Gasteiger partial charge is 0.269 e. The van der Waals surface area contributed by atoms with Gasteiger partial charge in [-0.05, 0) is 37.1 Å². The zero-order chi connectivity index (χ0) is 19.6. The molecule has 0 radical (unpaired) electrons. The quantitative estimate of drug-likeness (QED) is 0.577. The zero-order valence-electron chi connectivity index (χ0n) is 14.0. The number of nitro benzene ring substituents is 1. The van der Waals surface area contributed by atoms with E-state index in [2.05, 4.69) is 5.32 Å². The minimum Gasteiger partial charge on any atom is -0.325 e. The fourth-order valence-corrected chi connectivity index (χ4v) is 6.17. The molecule has 144 valence electrons. The van der Waals surface area contributed by atoms with E-state index in [4.69, 9.17) is 11.6 Å². The molecule has 0 saturated carbocycles. The van der Waals surface area contributed by atoms with E-state index in [1.165, 1.54) is 40.7 Å². The average Bonchev–Trinajstić information content (AvgIpc) is 3.09. The van der Waals surface area contributed by atoms with Crippen molar-refractivity contribution in [1.82, 2.24) is 4.31 Å². The fourth-order valence-electron chi connectivity index (χ4n) is 2.90. The van der Waals surface area contributed by atoms with E-state index in [9.17, 15) is 23.3 Å². The van der Waals surface area contributed by atoms with Gasteiger partial charge in [0.2, 0.25) is 5.91 Å². The van der Waals surface area contributed by atoms with Gasteiger partial charge in [-0.2, -0.15) is 4.31 Å². The second kappa shape index (κ2) is 7.93. The number of carbonyl (C=O) groups excluding carboxylic acids is 1. The minimum atomic E-state index is -3.83. The number of benzene rings is 1. The molecule has 1 N–H and O–H groups in total. The molecule has 1 saturated heterocycles. The van der Waals surface area contributed by atoms with Gasteiger partial charge in [0.1, 0.15) is 10.3 Å². The van der Waals surface area contributed by atoms with Crippen molar-refractivity contribution in [2.75, 3.05) is 11.9 Å². The number of thiophene rings is 1. The Kier molecular flexibility index (Phi) is 5.80. The van der Waals surface area contributed by atoms with Crippen LogP contribution in [0.4, 0.5) is 11.4 Å². The summed E-state index contributed by atoms with van der Waals surface area (Å²) in [5, 5.41) is 13.4. The van der Waals surface area contributed by atoms with Crippen molar-refractivity contribution in [3.8, 4) is 0 Å². The van der Waals surface area contributed by atoms with E-state index in [1.807, 2.05) is 0 Å². The number of hydrogen-bond acceptors (Lipinski definition) is 6. The van der Waals surface area contributed by atoms with Crippen molar-refractivity contribution >= 4 is 50.2 Å². The van der Waals surface area contributed by atoms with Gasteiger partial charge < -0.3 is 5.32 Å². The summed E-state index contributed by atoms with van der Waals surface area (Å²) >= 11 is 6.81. The molecule has 1 aromatic heterocycles. The van der Waals surface area contributed by atoms with Crippen LogP contribution < -0.4 is 5.32 Å². The van der Waals surface area contributed by atoms with E-state index in [0.29, 0.717) is 22.9 Å². The van der Waals surface area contributed by atoms with Crippen molar-refractivity contribution in [1.29, 1.82) is 0 Å². The van der Waals surface area contributed by atoms with Crippen molar-refractivity contribution < 1.29 is 18.1 Å². The molecule has 0 unspecified atom stereocenters. The van der Waals surface area contributed by atoms with Crippen LogP contribution in [-0.2, 0) is 14.8 Å². The lowest BCUT2D eigenvalue weighted by atomic mass is 10.0. The zero-order valence-corrected chi connectivity index (χ0v) is 16.4. The normalized spacial score (nSPS) is 18.2. The Labute approximate surface area is 165 Å². The number of nitrogens with zero attached hydrogens (tertiary/aromatic N) is 2. The third kappa shape index (κ3) is 4.29. The van der Waals surface area contributed by atoms with E-state index >= 15 is 0 Å². The van der Waals surface area contributed by atoms with Crippen molar-refractivity contribution in [3.05, 3.63) is 50.8 Å². The molecular weight excluding hydrogens is 414 g/mol. The van der Waals surface area contributed by atoms with Gasteiger partial charge in [-0.25, -0.2) is 8.42 Å². The summed E-state index contributed by atoms with van der Waals surface area (Å²) in [7, 11) is -3.83. The van der Waals surface area contributed by atoms with Crippen molar-refractivity contribution in [2.45, 2.75) is 29.5 Å². The summed E-state index contributed by atoms with van der Waals surface area (Å²) in [6, 6.07) is 7.47. The van der Waals surface area contributed by atoms with Gasteiger partial charge in [0, 0.05) is 24.4 Å². The highest BCUT2D eigenvalue weighted by Crippen LogP contribution is 2.32. The summed E-state index contributed by atoms with van der Waals surface area (Å²) in [5.41, 5.74) is 0.275. The van der Waals surface area contributed by atoms with E-state index < -0.39 is 26.9 Å². The number of amides is 1. The van der Waals surface area contributed by atoms with Gasteiger partial charge in [-0.1, -0.05) is 18.0 Å². The Morgan fingerprint density at radius 2 is 1.93 bits per heavy atom. The fraction of sp³-hybridized carbons (Fsp3) is 0.312. The molecular formula is C16H16ClN3O5S2. The van der Waals surface area contributed by atoms with Crippen LogP contribution in [0.2, 0.25) is 4.34 Å². The first-order valence-electron chi connectivity index (χ1n) is 8.11. The number of hydrogen-bond donors (Lipinski definition) is 1. The molecule has 3 rings (SSSR count). The molecule has 1 amide bonds. The second-order valence-corrected chi connectivity index (χ2v) is 9.81. The van der Waals surface area contributed by atoms with Gasteiger partial charge in [0.05, 0.1) is 9.26 Å². The van der Waals surface area contributed by atoms with Gasteiger partial charge in [0.25, 0.3) is 15.7 Å². The first-order chi connectivity index (χ1) is 12.8. The maximum atomic E-state index is 12.9. The lowest BCUT2D eigenvalue weighted by Gasteiger charge is -2.33. The molecule has 1 atom stereocenters. The number of non-ortho nitro benzene ring substituents is 1. The number of nitrogens with one attached hydrogen (secondary N) is 1. The maximum absolute atomic E-state index is 12.9. The number of anilines is 1. The summed E-state index contributed by atoms with van der Waals surface area (Å²) in [4.78, 5) is 22.9. The van der Waals surface area contributed by atoms with Crippen LogP contribution in [-0.4, -0.2) is 36.1 Å². The predicted molar refractivity (Wildman–Crippen MR) is 103 cm³/mol. The minimum absolute atomic E-state index is 0.0931. The van der Waals surface area contributed by atoms with Crippen LogP contribution in [0.1, 0.15) is 19.3 Å². The summed E-state index contributed by atoms with van der Waals surface area (Å²) in [6.45, 7) is 0.246. The highest BCUT2D eigenvalue weighted by molar-refractivity contribution is 7.91. The van der Waals surface area contributed by atoms with Gasteiger partial charge >= 0.3 is 0 Å². The predicted octanol–water partition coefficient (Wildman–Crippen LogP) is 3.49. The summed E-state index contributed by atoms with van der Waals surface area (Å²) in [6.07, 6.45) is 1.80. The molecule has 0 spiro atoms. The monoisotopic (exact) mass is 429 g/mol. The molecule has 27 heavy (non-hydrogen) atoms. The first-order valence-corrected chi connectivity index (χ1v) is 10.7. The Morgan fingerprint density at radius 1 is 1.22 bits per heavy atom. The molecule has 1 fully saturated rings. The van der Waals surface area contributed by atoms with Crippen LogP contribution in [0.25, 0.3) is 0 Å². The topological polar surface area (TPSA) is 110 Å². The Balaban J connectivity index is 1.80. The van der Waals surface area contributed by atoms with Crippen LogP contribution in [0, 0.1) is 10.1 Å². The van der Waals surface area contributed by atoms with Crippen LogP contribution in [0.5, 0.6) is 0 Å². The Morgan fingerprint density at radius 3 is 2.52 bits per heavy atom. The SMILES string of the molecule is O=C(Nc1ccc([N+](=O)[O-])cc1)[C@@H]1CCCCN1S(=O)(=O)c1ccc(Cl)s1. The highest BCUT2D eigenvalue weighted by Gasteiger charge is 2.38. The van der Waals surface area contributed by atoms with E-state index in [-0.39, 0.29) is 16.4 Å². The van der Waals surface area contributed by atoms with Gasteiger partial charge in [0.15, 0.2) is 0 Å². The van der Waals surface area contributed by atoms with Gasteiger partial charge in [-0.15, -0.1) is 11.3 Å². The molecule has 1 aromatic carbocycles. The van der Waals surface area contributed by atoms with E-state index in [0.717, 1.165) is 17.8 Å². The van der Waals surface area contributed by atoms with Crippen molar-refractivity contribution in [2.24, 2.45) is 0 Å². The standard InChI is InChI=1S/C16H16ClN3O5S2/c17-14-8-9-15(26-14)27(24,25)19-10-2-1-3-13(19)16(21)18-11-4-6-12(7-5-11)20(22)23/h4-9,13H,1-3,10H2,(H,18,21)/t13-/m0/s1. The maximum Gasteiger partial charge on any atom is 0.269 e. The molecule has 8 nitrogen and oxygen atoms in total. The summed E-state index contributed by atoms with van der Waals surface area (Å²) < 4.78 is 27.5. The molecule has 0 bridgehead atoms. The number of piperidine rings is 1. The summed E-state index contributed by atoms with van der Waals surface area (Å²) in [5.74, 6) is -0.463. The third-order valence-electron chi connectivity index (χ3n) is 4.21. The third-order valence-corrected chi connectivity index (χ3v) is 7.82. The van der Waals surface area contributed by atoms with Crippen LogP contribution >= 0.6 is 22.9 Å². The number of sulfonamides is 1. The van der Waals surface area contributed by atoms with Gasteiger partial charge in [-0.3, -0.25) is 14.9 Å². The average molecular weight is 430 g/mol. The lowest BCUT2D eigenvalue weighted by molar-refractivity contribution is -0.384. The van der Waals surface area contributed by atoms with E-state index in [1.54, 1.807) is 0 Å². The van der Waals surface area contributed by atoms with Crippen molar-refractivity contribution in [3.63, 3.8) is 0 Å². The highest BCUT2D eigenvalue weighted by atomic mass is 35.5. The second-order valence-electron chi connectivity index (χ2n) is 5.98. The molecule has 1 aliphatic heterocycles.